The highest BCUT2D eigenvalue weighted by molar-refractivity contribution is 6.01. The van der Waals surface area contributed by atoms with E-state index in [0.29, 0.717) is 12.8 Å². The standard InChI is InChI=1S/C14H21F3O3/c1-3-5-6-7-8-9-12(18)11(14(15,16)17)10-13(19)20-4-2/h10H,3-9H2,1-2H3/b11-10+. The van der Waals surface area contributed by atoms with E-state index in [0.717, 1.165) is 19.3 Å². The van der Waals surface area contributed by atoms with E-state index in [2.05, 4.69) is 4.74 Å². The summed E-state index contributed by atoms with van der Waals surface area (Å²) in [6, 6.07) is 0. The van der Waals surface area contributed by atoms with Gasteiger partial charge in [-0.25, -0.2) is 4.79 Å². The van der Waals surface area contributed by atoms with E-state index >= 15 is 0 Å². The zero-order valence-electron chi connectivity index (χ0n) is 11.9. The van der Waals surface area contributed by atoms with Gasteiger partial charge in [-0.05, 0) is 13.3 Å². The van der Waals surface area contributed by atoms with Crippen LogP contribution >= 0.6 is 0 Å². The van der Waals surface area contributed by atoms with E-state index in [1.165, 1.54) is 6.92 Å². The molecule has 0 amide bonds. The molecule has 0 atom stereocenters. The number of hydrogen-bond acceptors (Lipinski definition) is 3. The van der Waals surface area contributed by atoms with Crippen molar-refractivity contribution < 1.29 is 27.5 Å². The summed E-state index contributed by atoms with van der Waals surface area (Å²) in [6.45, 7) is 3.47. The van der Waals surface area contributed by atoms with Crippen LogP contribution in [0.1, 0.15) is 52.4 Å². The van der Waals surface area contributed by atoms with Gasteiger partial charge in [0, 0.05) is 12.5 Å². The molecule has 0 spiro atoms. The Morgan fingerprint density at radius 2 is 1.65 bits per heavy atom. The van der Waals surface area contributed by atoms with E-state index in [1.807, 2.05) is 6.92 Å². The highest BCUT2D eigenvalue weighted by Gasteiger charge is 2.38. The third-order valence-electron chi connectivity index (χ3n) is 2.66. The van der Waals surface area contributed by atoms with E-state index in [-0.39, 0.29) is 19.1 Å². The van der Waals surface area contributed by atoms with Gasteiger partial charge in [-0.15, -0.1) is 0 Å². The topological polar surface area (TPSA) is 43.4 Å². The fraction of sp³-hybridized carbons (Fsp3) is 0.714. The van der Waals surface area contributed by atoms with E-state index in [9.17, 15) is 22.8 Å². The number of allylic oxidation sites excluding steroid dienone is 1. The van der Waals surface area contributed by atoms with Crippen molar-refractivity contribution in [2.75, 3.05) is 6.61 Å². The van der Waals surface area contributed by atoms with Crippen molar-refractivity contribution >= 4 is 11.8 Å². The number of ketones is 1. The Morgan fingerprint density at radius 1 is 1.05 bits per heavy atom. The number of carbonyl (C=O) groups excluding carboxylic acids is 2. The fourth-order valence-electron chi connectivity index (χ4n) is 1.65. The van der Waals surface area contributed by atoms with Crippen molar-refractivity contribution in [3.05, 3.63) is 11.6 Å². The molecule has 20 heavy (non-hydrogen) atoms. The third kappa shape index (κ3) is 7.96. The quantitative estimate of drug-likeness (QED) is 0.367. The van der Waals surface area contributed by atoms with Crippen LogP contribution in [0, 0.1) is 0 Å². The summed E-state index contributed by atoms with van der Waals surface area (Å²) in [5.74, 6) is -2.19. The van der Waals surface area contributed by atoms with Crippen LogP contribution in [-0.4, -0.2) is 24.5 Å². The molecular weight excluding hydrogens is 273 g/mol. The van der Waals surface area contributed by atoms with Crippen LogP contribution in [0.5, 0.6) is 0 Å². The van der Waals surface area contributed by atoms with Crippen molar-refractivity contribution in [3.63, 3.8) is 0 Å². The van der Waals surface area contributed by atoms with E-state index in [1.54, 1.807) is 0 Å². The lowest BCUT2D eigenvalue weighted by Gasteiger charge is -2.10. The number of carbonyl (C=O) groups is 2. The largest absolute Gasteiger partial charge is 0.463 e. The molecule has 6 heteroatoms. The SMILES string of the molecule is CCCCCCCC(=O)/C(=C\C(=O)OCC)C(F)(F)F. The Balaban J connectivity index is 4.56. The lowest BCUT2D eigenvalue weighted by molar-refractivity contribution is -0.140. The molecule has 0 heterocycles. The smallest absolute Gasteiger partial charge is 0.420 e. The van der Waals surface area contributed by atoms with Gasteiger partial charge in [0.05, 0.1) is 6.61 Å². The summed E-state index contributed by atoms with van der Waals surface area (Å²) in [4.78, 5) is 22.6. The first kappa shape index (κ1) is 18.7. The maximum absolute atomic E-state index is 12.7. The molecule has 3 nitrogen and oxygen atoms in total. The average Bonchev–Trinajstić information content (AvgIpc) is 2.34. The molecule has 0 saturated heterocycles. The molecule has 0 aromatic rings. The number of ether oxygens (including phenoxy) is 1. The molecule has 0 rings (SSSR count). The van der Waals surface area contributed by atoms with Crippen molar-refractivity contribution in [1.29, 1.82) is 0 Å². The van der Waals surface area contributed by atoms with Crippen LogP contribution in [0.4, 0.5) is 13.2 Å². The Bertz CT molecular complexity index is 346. The van der Waals surface area contributed by atoms with Crippen molar-refractivity contribution in [2.24, 2.45) is 0 Å². The average molecular weight is 294 g/mol. The maximum atomic E-state index is 12.7. The third-order valence-corrected chi connectivity index (χ3v) is 2.66. The lowest BCUT2D eigenvalue weighted by Crippen LogP contribution is -2.22. The molecule has 0 aromatic carbocycles. The maximum Gasteiger partial charge on any atom is 0.420 e. The summed E-state index contributed by atoms with van der Waals surface area (Å²) >= 11 is 0. The zero-order chi connectivity index (χ0) is 15.6. The fourth-order valence-corrected chi connectivity index (χ4v) is 1.65. The number of Topliss-reactive ketones (excluding diaryl/α,β-unsaturated/α-hetero) is 1. The second kappa shape index (κ2) is 9.55. The number of unbranched alkanes of at least 4 members (excludes halogenated alkanes) is 4. The summed E-state index contributed by atoms with van der Waals surface area (Å²) < 4.78 is 42.5. The predicted molar refractivity (Wildman–Crippen MR) is 69.2 cm³/mol. The second-order valence-electron chi connectivity index (χ2n) is 4.40. The first-order chi connectivity index (χ1) is 9.32. The number of hydrogen-bond donors (Lipinski definition) is 0. The van der Waals surface area contributed by atoms with Gasteiger partial charge in [0.15, 0.2) is 5.78 Å². The van der Waals surface area contributed by atoms with Gasteiger partial charge in [0.1, 0.15) is 5.57 Å². The molecule has 0 N–H and O–H groups in total. The first-order valence-corrected chi connectivity index (χ1v) is 6.81. The monoisotopic (exact) mass is 294 g/mol. The number of esters is 1. The van der Waals surface area contributed by atoms with Gasteiger partial charge in [-0.3, -0.25) is 4.79 Å². The van der Waals surface area contributed by atoms with Crippen LogP contribution in [0.3, 0.4) is 0 Å². The molecule has 0 unspecified atom stereocenters. The van der Waals surface area contributed by atoms with Gasteiger partial charge in [-0.2, -0.15) is 13.2 Å². The number of rotatable bonds is 9. The highest BCUT2D eigenvalue weighted by atomic mass is 19.4. The van der Waals surface area contributed by atoms with Gasteiger partial charge < -0.3 is 4.74 Å². The van der Waals surface area contributed by atoms with Crippen molar-refractivity contribution in [3.8, 4) is 0 Å². The molecular formula is C14H21F3O3. The summed E-state index contributed by atoms with van der Waals surface area (Å²) in [7, 11) is 0. The van der Waals surface area contributed by atoms with Crippen LogP contribution in [0.25, 0.3) is 0 Å². The highest BCUT2D eigenvalue weighted by Crippen LogP contribution is 2.28. The van der Waals surface area contributed by atoms with Gasteiger partial charge >= 0.3 is 12.1 Å². The van der Waals surface area contributed by atoms with Gasteiger partial charge in [0.25, 0.3) is 0 Å². The molecule has 116 valence electrons. The molecule has 0 fully saturated rings. The number of halogens is 3. The summed E-state index contributed by atoms with van der Waals surface area (Å²) in [6.07, 6.45) is -0.755. The normalized spacial score (nSPS) is 12.3. The molecule has 0 saturated carbocycles. The van der Waals surface area contributed by atoms with E-state index < -0.39 is 23.5 Å². The molecule has 0 radical (unpaired) electrons. The number of alkyl halides is 3. The van der Waals surface area contributed by atoms with Gasteiger partial charge in [-0.1, -0.05) is 32.6 Å². The van der Waals surface area contributed by atoms with Crippen LogP contribution < -0.4 is 0 Å². The zero-order valence-corrected chi connectivity index (χ0v) is 11.9. The molecule has 0 aliphatic heterocycles. The van der Waals surface area contributed by atoms with Crippen molar-refractivity contribution in [1.82, 2.24) is 0 Å². The predicted octanol–water partition coefficient (Wildman–Crippen LogP) is 3.97. The molecule has 0 aliphatic carbocycles. The van der Waals surface area contributed by atoms with Crippen molar-refractivity contribution in [2.45, 2.75) is 58.5 Å². The minimum atomic E-state index is -4.83. The molecule has 0 aliphatic rings. The van der Waals surface area contributed by atoms with Crippen LogP contribution in [0.2, 0.25) is 0 Å². The Kier molecular flexibility index (Phi) is 8.92. The Morgan fingerprint density at radius 3 is 2.15 bits per heavy atom. The summed E-state index contributed by atoms with van der Waals surface area (Å²) in [5, 5.41) is 0. The lowest BCUT2D eigenvalue weighted by atomic mass is 10.0. The van der Waals surface area contributed by atoms with E-state index in [4.69, 9.17) is 0 Å². The van der Waals surface area contributed by atoms with Gasteiger partial charge in [0.2, 0.25) is 0 Å². The minimum Gasteiger partial charge on any atom is -0.463 e. The second-order valence-corrected chi connectivity index (χ2v) is 4.40. The first-order valence-electron chi connectivity index (χ1n) is 6.81. The van der Waals surface area contributed by atoms with Crippen LogP contribution in [0.15, 0.2) is 11.6 Å². The Hall–Kier alpha value is -1.33. The minimum absolute atomic E-state index is 0.0360. The molecule has 0 bridgehead atoms. The van der Waals surface area contributed by atoms with Crippen LogP contribution in [-0.2, 0) is 14.3 Å². The Labute approximate surface area is 117 Å². The molecule has 0 aromatic heterocycles. The summed E-state index contributed by atoms with van der Waals surface area (Å²) in [5.41, 5.74) is -1.42.